The van der Waals surface area contributed by atoms with E-state index >= 15 is 0 Å². The Bertz CT molecular complexity index is 1010. The Hall–Kier alpha value is -2.54. The van der Waals surface area contributed by atoms with Crippen molar-refractivity contribution in [1.82, 2.24) is 15.0 Å². The molecule has 1 saturated heterocycles. The van der Waals surface area contributed by atoms with Crippen LogP contribution in [-0.4, -0.2) is 34.0 Å². The number of likely N-dealkylation sites (tertiary alicyclic amines) is 1. The number of hydrogen-bond donors (Lipinski definition) is 0. The number of carbonyl (C=O) groups excluding carboxylic acids is 1. The molecule has 1 aromatic carbocycles. The summed E-state index contributed by atoms with van der Waals surface area (Å²) >= 11 is 1.62. The van der Waals surface area contributed by atoms with Crippen LogP contribution in [0.25, 0.3) is 11.5 Å². The van der Waals surface area contributed by atoms with Crippen LogP contribution in [0.15, 0.2) is 46.3 Å². The number of aromatic nitrogens is 2. The number of nitrogens with zero attached hydrogens (tertiary/aromatic N) is 3. The minimum Gasteiger partial charge on any atom is -0.341 e. The van der Waals surface area contributed by atoms with E-state index < -0.39 is 0 Å². The molecular weight excluding hydrogens is 401 g/mol. The van der Waals surface area contributed by atoms with E-state index in [9.17, 15) is 9.18 Å². The molecule has 0 spiro atoms. The van der Waals surface area contributed by atoms with E-state index in [1.54, 1.807) is 23.5 Å². The van der Waals surface area contributed by atoms with Gasteiger partial charge in [-0.1, -0.05) is 24.1 Å². The lowest BCUT2D eigenvalue weighted by atomic mass is 9.74. The SMILES string of the molecule is O=C(Cc1cccs1)N1CCCC(CC2CC2)(c2noc(-c3ccc(F)cc3)n2)C1. The van der Waals surface area contributed by atoms with Crippen LogP contribution in [0.1, 0.15) is 42.8 Å². The fraction of sp³-hybridized carbons (Fsp3) is 0.435. The molecule has 1 aliphatic carbocycles. The summed E-state index contributed by atoms with van der Waals surface area (Å²) < 4.78 is 18.8. The Morgan fingerprint density at radius 2 is 2.10 bits per heavy atom. The number of carbonyl (C=O) groups is 1. The van der Waals surface area contributed by atoms with Crippen LogP contribution < -0.4 is 0 Å². The molecule has 0 bridgehead atoms. The molecule has 30 heavy (non-hydrogen) atoms. The molecule has 3 heterocycles. The number of hydrogen-bond acceptors (Lipinski definition) is 5. The van der Waals surface area contributed by atoms with Crippen LogP contribution in [0.4, 0.5) is 4.39 Å². The van der Waals surface area contributed by atoms with Crippen molar-refractivity contribution in [2.45, 2.75) is 43.9 Å². The first kappa shape index (κ1) is 19.4. The average molecular weight is 426 g/mol. The molecular formula is C23H24FN3O2S. The first-order valence-corrected chi connectivity index (χ1v) is 11.4. The summed E-state index contributed by atoms with van der Waals surface area (Å²) in [6.07, 6.45) is 5.78. The standard InChI is InChI=1S/C23H24FN3O2S/c24-18-8-6-17(7-9-18)21-25-22(26-29-21)23(14-16-4-5-16)10-2-11-27(15-23)20(28)13-19-3-1-12-30-19/h1,3,6-9,12,16H,2,4-5,10-11,13-15H2. The van der Waals surface area contributed by atoms with Crippen LogP contribution in [0, 0.1) is 11.7 Å². The van der Waals surface area contributed by atoms with Crippen LogP contribution >= 0.6 is 11.3 Å². The molecule has 2 aromatic heterocycles. The lowest BCUT2D eigenvalue weighted by Crippen LogP contribution is -2.49. The smallest absolute Gasteiger partial charge is 0.257 e. The summed E-state index contributed by atoms with van der Waals surface area (Å²) in [6.45, 7) is 1.41. The maximum atomic E-state index is 13.3. The lowest BCUT2D eigenvalue weighted by molar-refractivity contribution is -0.132. The lowest BCUT2D eigenvalue weighted by Gasteiger charge is -2.41. The van der Waals surface area contributed by atoms with Crippen molar-refractivity contribution in [2.75, 3.05) is 13.1 Å². The van der Waals surface area contributed by atoms with E-state index in [0.717, 1.165) is 30.7 Å². The number of rotatable bonds is 6. The van der Waals surface area contributed by atoms with E-state index in [-0.39, 0.29) is 17.1 Å². The van der Waals surface area contributed by atoms with Gasteiger partial charge in [-0.25, -0.2) is 4.39 Å². The van der Waals surface area contributed by atoms with E-state index in [4.69, 9.17) is 9.51 Å². The predicted octanol–water partition coefficient (Wildman–Crippen LogP) is 4.84. The molecule has 5 nitrogen and oxygen atoms in total. The number of halogens is 1. The normalized spacial score (nSPS) is 21.7. The van der Waals surface area contributed by atoms with Crippen molar-refractivity contribution in [3.8, 4) is 11.5 Å². The van der Waals surface area contributed by atoms with Crippen LogP contribution in [0.3, 0.4) is 0 Å². The topological polar surface area (TPSA) is 59.2 Å². The minimum absolute atomic E-state index is 0.166. The number of thiophene rings is 1. The fourth-order valence-electron chi connectivity index (χ4n) is 4.48. The average Bonchev–Trinajstić information content (AvgIpc) is 3.20. The summed E-state index contributed by atoms with van der Waals surface area (Å²) in [4.78, 5) is 20.8. The third-order valence-corrected chi connectivity index (χ3v) is 7.08. The van der Waals surface area contributed by atoms with E-state index in [1.807, 2.05) is 22.4 Å². The molecule has 2 aliphatic rings. The Balaban J connectivity index is 1.40. The Morgan fingerprint density at radius 3 is 2.83 bits per heavy atom. The maximum absolute atomic E-state index is 13.3. The van der Waals surface area contributed by atoms with Gasteiger partial charge in [-0.05, 0) is 60.9 Å². The molecule has 1 amide bonds. The summed E-state index contributed by atoms with van der Waals surface area (Å²) in [6, 6.07) is 10.1. The summed E-state index contributed by atoms with van der Waals surface area (Å²) in [5.41, 5.74) is 0.435. The third kappa shape index (κ3) is 4.03. The van der Waals surface area contributed by atoms with Gasteiger partial charge in [0.25, 0.3) is 5.89 Å². The zero-order valence-corrected chi connectivity index (χ0v) is 17.5. The second kappa shape index (κ2) is 7.95. The van der Waals surface area contributed by atoms with Crippen molar-refractivity contribution >= 4 is 17.2 Å². The zero-order chi connectivity index (χ0) is 20.6. The summed E-state index contributed by atoms with van der Waals surface area (Å²) in [5, 5.41) is 6.35. The van der Waals surface area contributed by atoms with Gasteiger partial charge in [0.1, 0.15) is 5.82 Å². The molecule has 0 N–H and O–H groups in total. The highest BCUT2D eigenvalue weighted by Gasteiger charge is 2.45. The number of amides is 1. The van der Waals surface area contributed by atoms with Gasteiger partial charge in [0.05, 0.1) is 11.8 Å². The van der Waals surface area contributed by atoms with Crippen LogP contribution in [-0.2, 0) is 16.6 Å². The van der Waals surface area contributed by atoms with E-state index in [2.05, 4.69) is 5.16 Å². The van der Waals surface area contributed by atoms with Gasteiger partial charge >= 0.3 is 0 Å². The van der Waals surface area contributed by atoms with Crippen molar-refractivity contribution < 1.29 is 13.7 Å². The molecule has 1 unspecified atom stereocenters. The Labute approximate surface area is 178 Å². The van der Waals surface area contributed by atoms with Crippen molar-refractivity contribution in [3.63, 3.8) is 0 Å². The zero-order valence-electron chi connectivity index (χ0n) is 16.7. The van der Waals surface area contributed by atoms with Gasteiger partial charge in [0.15, 0.2) is 5.82 Å². The van der Waals surface area contributed by atoms with Gasteiger partial charge in [-0.15, -0.1) is 11.3 Å². The predicted molar refractivity (Wildman–Crippen MR) is 113 cm³/mol. The second-order valence-electron chi connectivity index (χ2n) is 8.53. The molecule has 1 aliphatic heterocycles. The molecule has 3 aromatic rings. The largest absolute Gasteiger partial charge is 0.341 e. The molecule has 5 rings (SSSR count). The molecule has 1 saturated carbocycles. The van der Waals surface area contributed by atoms with E-state index in [1.165, 1.54) is 25.0 Å². The summed E-state index contributed by atoms with van der Waals surface area (Å²) in [5.74, 6) is 1.63. The quantitative estimate of drug-likeness (QED) is 0.567. The van der Waals surface area contributed by atoms with E-state index in [0.29, 0.717) is 36.2 Å². The third-order valence-electron chi connectivity index (χ3n) is 6.20. The van der Waals surface area contributed by atoms with Crippen molar-refractivity contribution in [1.29, 1.82) is 0 Å². The van der Waals surface area contributed by atoms with Gasteiger partial charge in [-0.3, -0.25) is 4.79 Å². The van der Waals surface area contributed by atoms with Crippen molar-refractivity contribution in [2.24, 2.45) is 5.92 Å². The van der Waals surface area contributed by atoms with Crippen LogP contribution in [0.5, 0.6) is 0 Å². The molecule has 0 radical (unpaired) electrons. The van der Waals surface area contributed by atoms with Gasteiger partial charge < -0.3 is 9.42 Å². The van der Waals surface area contributed by atoms with Crippen molar-refractivity contribution in [3.05, 3.63) is 58.3 Å². The minimum atomic E-state index is -0.295. The Kier molecular flexibility index (Phi) is 5.15. The molecule has 2 fully saturated rings. The maximum Gasteiger partial charge on any atom is 0.257 e. The van der Waals surface area contributed by atoms with Gasteiger partial charge in [0.2, 0.25) is 5.91 Å². The first-order chi connectivity index (χ1) is 14.6. The molecule has 7 heteroatoms. The number of piperidine rings is 1. The fourth-order valence-corrected chi connectivity index (χ4v) is 5.18. The second-order valence-corrected chi connectivity index (χ2v) is 9.57. The summed E-state index contributed by atoms with van der Waals surface area (Å²) in [7, 11) is 0. The highest BCUT2D eigenvalue weighted by molar-refractivity contribution is 7.10. The molecule has 1 atom stereocenters. The van der Waals surface area contributed by atoms with Gasteiger partial charge in [-0.2, -0.15) is 4.98 Å². The number of benzene rings is 1. The highest BCUT2D eigenvalue weighted by atomic mass is 32.1. The first-order valence-electron chi connectivity index (χ1n) is 10.5. The highest BCUT2D eigenvalue weighted by Crippen LogP contribution is 2.46. The molecule has 156 valence electrons. The van der Waals surface area contributed by atoms with Crippen LogP contribution in [0.2, 0.25) is 0 Å². The Morgan fingerprint density at radius 1 is 1.27 bits per heavy atom. The van der Waals surface area contributed by atoms with Gasteiger partial charge in [0, 0.05) is 23.5 Å². The monoisotopic (exact) mass is 425 g/mol.